The maximum Gasteiger partial charge on any atom is 0.290 e. The number of hydrogen-bond acceptors (Lipinski definition) is 19. The van der Waals surface area contributed by atoms with E-state index in [2.05, 4.69) is 89.9 Å². The van der Waals surface area contributed by atoms with E-state index in [1.165, 1.54) is 11.9 Å². The average molecular weight is 1500 g/mol. The molecule has 9 aromatic rings. The van der Waals surface area contributed by atoms with Gasteiger partial charge >= 0.3 is 0 Å². The summed E-state index contributed by atoms with van der Waals surface area (Å²) in [6.07, 6.45) is 22.4. The molecule has 30 heteroatoms. The summed E-state index contributed by atoms with van der Waals surface area (Å²) >= 11 is 3.45. The summed E-state index contributed by atoms with van der Waals surface area (Å²) in [5.41, 5.74) is 11.6. The Hall–Kier alpha value is -9.40. The molecule has 6 aliphatic heterocycles. The molecule has 26 nitrogen and oxygen atoms in total. The Kier molecular flexibility index (Phi) is 24.2. The highest BCUT2D eigenvalue weighted by Crippen LogP contribution is 2.41. The van der Waals surface area contributed by atoms with Crippen LogP contribution in [0.15, 0.2) is 172 Å². The monoisotopic (exact) mass is 1500 g/mol. The number of carbonyl (C=O) groups is 4. The Morgan fingerprint density at radius 2 is 1.06 bits per heavy atom. The number of likely N-dealkylation sites (N-methyl/N-ethyl adjacent to an activating group) is 3. The van der Waals surface area contributed by atoms with E-state index in [9.17, 15) is 30.0 Å². The fourth-order valence-electron chi connectivity index (χ4n) is 12.9. The summed E-state index contributed by atoms with van der Waals surface area (Å²) in [6, 6.07) is 28.3. The van der Waals surface area contributed by atoms with Crippen LogP contribution in [0.1, 0.15) is 60.8 Å². The molecule has 2 fully saturated rings. The summed E-state index contributed by atoms with van der Waals surface area (Å²) in [4.78, 5) is 61.8. The third-order valence-electron chi connectivity index (χ3n) is 18.1. The molecular formula is C71H78BrN11O15S3. The fraction of sp³-hybridized carbons (Fsp3) is 0.310. The van der Waals surface area contributed by atoms with E-state index >= 15 is 0 Å². The number of amides is 1. The molecule has 0 bridgehead atoms. The summed E-state index contributed by atoms with van der Waals surface area (Å²) in [5.74, 6) is 0.479. The van der Waals surface area contributed by atoms with Crippen molar-refractivity contribution in [3.05, 3.63) is 179 Å². The van der Waals surface area contributed by atoms with Crippen LogP contribution in [0.2, 0.25) is 0 Å². The highest BCUT2D eigenvalue weighted by Gasteiger charge is 2.33. The number of anilines is 2. The minimum atomic E-state index is -3.88. The lowest BCUT2D eigenvalue weighted by Crippen LogP contribution is -2.24. The van der Waals surface area contributed by atoms with Gasteiger partial charge in [0.15, 0.2) is 5.65 Å². The van der Waals surface area contributed by atoms with Crippen molar-refractivity contribution in [2.45, 2.75) is 65.7 Å². The number of fused-ring (bicyclic) bond motifs is 4. The number of carboxylic acid groups (broad SMARTS) is 3. The lowest BCUT2D eigenvalue weighted by Gasteiger charge is -2.21. The van der Waals surface area contributed by atoms with E-state index < -0.39 is 30.1 Å². The van der Waals surface area contributed by atoms with Gasteiger partial charge in [-0.1, -0.05) is 46.3 Å². The molecule has 1 atom stereocenters. The van der Waals surface area contributed by atoms with Crippen LogP contribution >= 0.6 is 15.9 Å². The molecule has 3 N–H and O–H groups in total. The summed E-state index contributed by atoms with van der Waals surface area (Å²) < 4.78 is 98.1. The molecule has 1 amide bonds. The normalized spacial score (nSPS) is 17.2. The van der Waals surface area contributed by atoms with Gasteiger partial charge < -0.3 is 49.3 Å². The predicted molar refractivity (Wildman–Crippen MR) is 389 cm³/mol. The van der Waals surface area contributed by atoms with Crippen LogP contribution in [0.5, 0.6) is 5.75 Å². The largest absolute Gasteiger partial charge is 0.492 e. The highest BCUT2D eigenvalue weighted by atomic mass is 79.9. The molecular weight excluding hydrogens is 1420 g/mol. The molecule has 12 heterocycles. The van der Waals surface area contributed by atoms with Crippen molar-refractivity contribution in [2.75, 3.05) is 104 Å². The third kappa shape index (κ3) is 16.3. The molecule has 2 saturated heterocycles. The van der Waals surface area contributed by atoms with Gasteiger partial charge in [-0.05, 0) is 155 Å². The average Bonchev–Trinajstić information content (AvgIpc) is 1.63. The first kappa shape index (κ1) is 74.3. The zero-order chi connectivity index (χ0) is 72.2. The SMILES string of the molecule is CN1CC=C(c2cn(S(=O)(=O)c3cc(Br)cc4c3OCC4)c3ncccc23)CC1.CN1CC=C(c2cn(S(=O)(=O)c3cccc(N4CCCC4=O)c3)c3cccnc23)CC1.COC1CCN(c2cccc(S(=O)(=O)n3cc(C4=CCN(C)CC4)c4ncccc43)c2)C1.O=CO.O=CO.O=CO. The van der Waals surface area contributed by atoms with Gasteiger partial charge in [-0.3, -0.25) is 29.1 Å². The standard InChI is InChI=1S/C24H28N4O3S.C23H24N4O3S.C21H20BrN3O3S.3CH2O2/c1-26-12-8-18(9-13-26)22-17-28(23-7-4-11-25-24(22)23)32(29,30)21-6-3-5-19(15-21)27-14-10-20(16-27)31-2;1-25-13-9-17(10-14-25)20-16-27(21-7-3-11-24-23(20)21)31(29,30)19-6-2-5-18(15-19)26-12-4-8-22(26)28;1-24-8-4-14(5-9-24)18-13-25(21-17(18)3-2-7-23-21)29(26,27)19-12-16(22)11-15-6-10-28-20(15)19;3*2-1-3/h3-8,11,15,17,20H,9-10,12-14,16H2,1-2H3;2-3,5-7,9,11,15-16H,4,8,10,12-14H2,1H3;2-4,7,11-13H,5-6,8-10H2,1H3;3*1H,(H,2,3). The zero-order valence-corrected chi connectivity index (χ0v) is 60.1. The second-order valence-corrected chi connectivity index (χ2v) is 30.7. The molecule has 0 aliphatic carbocycles. The Morgan fingerprint density at radius 3 is 1.55 bits per heavy atom. The number of hydrogen-bond donors (Lipinski definition) is 3. The van der Waals surface area contributed by atoms with Crippen LogP contribution in [-0.2, 0) is 60.4 Å². The van der Waals surface area contributed by atoms with Gasteiger partial charge in [0.1, 0.15) is 10.6 Å². The van der Waals surface area contributed by atoms with Gasteiger partial charge in [-0.25, -0.2) is 42.2 Å². The Bertz CT molecular complexity index is 4980. The molecule has 15 rings (SSSR count). The van der Waals surface area contributed by atoms with Gasteiger partial charge in [0.2, 0.25) is 5.91 Å². The van der Waals surface area contributed by atoms with Gasteiger partial charge in [0.25, 0.3) is 49.5 Å². The lowest BCUT2D eigenvalue weighted by molar-refractivity contribution is -0.123. The molecule has 0 saturated carbocycles. The minimum Gasteiger partial charge on any atom is -0.492 e. The van der Waals surface area contributed by atoms with Crippen LogP contribution in [0.4, 0.5) is 11.4 Å². The second kappa shape index (κ2) is 32.9. The molecule has 6 aliphatic rings. The summed E-state index contributed by atoms with van der Waals surface area (Å²) in [5, 5.41) is 21.5. The number of rotatable bonds is 12. The first-order chi connectivity index (χ1) is 48.6. The third-order valence-corrected chi connectivity index (χ3v) is 23.5. The van der Waals surface area contributed by atoms with E-state index in [0.717, 1.165) is 144 Å². The van der Waals surface area contributed by atoms with Crippen molar-refractivity contribution >= 4 is 133 Å². The van der Waals surface area contributed by atoms with Crippen LogP contribution < -0.4 is 14.5 Å². The number of pyridine rings is 3. The Labute approximate surface area is 593 Å². The lowest BCUT2D eigenvalue weighted by atomic mass is 10.00. The zero-order valence-electron chi connectivity index (χ0n) is 56.0. The van der Waals surface area contributed by atoms with Gasteiger partial charge in [0, 0.05) is 160 Å². The number of methoxy groups -OCH3 is 1. The Morgan fingerprint density at radius 1 is 0.564 bits per heavy atom. The number of ether oxygens (including phenoxy) is 2. The van der Waals surface area contributed by atoms with E-state index in [4.69, 9.17) is 39.2 Å². The van der Waals surface area contributed by atoms with Crippen molar-refractivity contribution in [3.8, 4) is 5.75 Å². The highest BCUT2D eigenvalue weighted by molar-refractivity contribution is 9.10. The van der Waals surface area contributed by atoms with Crippen LogP contribution in [0.3, 0.4) is 0 Å². The molecule has 6 aromatic heterocycles. The van der Waals surface area contributed by atoms with Crippen LogP contribution in [-0.4, -0.2) is 207 Å². The molecule has 1 unspecified atom stereocenters. The van der Waals surface area contributed by atoms with Gasteiger partial charge in [0.05, 0.1) is 44.6 Å². The summed E-state index contributed by atoms with van der Waals surface area (Å²) in [6.45, 7) is 7.31. The van der Waals surface area contributed by atoms with E-state index in [1.807, 2.05) is 36.4 Å². The van der Waals surface area contributed by atoms with E-state index in [0.29, 0.717) is 59.6 Å². The number of carbonyl (C=O) groups excluding carboxylic acids is 1. The van der Waals surface area contributed by atoms with Crippen molar-refractivity contribution < 1.29 is 69.2 Å². The first-order valence-corrected chi connectivity index (χ1v) is 37.5. The topological polar surface area (TPSA) is 320 Å². The Balaban J connectivity index is 0.000000154. The first-order valence-electron chi connectivity index (χ1n) is 32.4. The van der Waals surface area contributed by atoms with Gasteiger partial charge in [-0.2, -0.15) is 0 Å². The maximum absolute atomic E-state index is 13.7. The van der Waals surface area contributed by atoms with Crippen molar-refractivity contribution in [2.24, 2.45) is 0 Å². The van der Waals surface area contributed by atoms with Crippen molar-refractivity contribution in [3.63, 3.8) is 0 Å². The van der Waals surface area contributed by atoms with Crippen molar-refractivity contribution in [1.29, 1.82) is 0 Å². The van der Waals surface area contributed by atoms with Crippen LogP contribution in [0, 0.1) is 0 Å². The smallest absolute Gasteiger partial charge is 0.290 e. The molecule has 532 valence electrons. The quantitative estimate of drug-likeness (QED) is 0.0960. The molecule has 101 heavy (non-hydrogen) atoms. The number of benzene rings is 3. The van der Waals surface area contributed by atoms with Gasteiger partial charge in [-0.15, -0.1) is 0 Å². The maximum atomic E-state index is 13.7. The van der Waals surface area contributed by atoms with E-state index in [1.54, 1.807) is 110 Å². The van der Waals surface area contributed by atoms with Crippen molar-refractivity contribution in [1.82, 2.24) is 41.6 Å². The summed E-state index contributed by atoms with van der Waals surface area (Å²) in [7, 11) is -3.58. The predicted octanol–water partition coefficient (Wildman–Crippen LogP) is 9.13. The number of aromatic nitrogens is 6. The van der Waals surface area contributed by atoms with Crippen LogP contribution in [0.25, 0.3) is 49.8 Å². The van der Waals surface area contributed by atoms with E-state index in [-0.39, 0.29) is 46.1 Å². The second-order valence-electron chi connectivity index (χ2n) is 24.4. The molecule has 0 radical (unpaired) electrons. The molecule has 0 spiro atoms. The molecule has 3 aromatic carbocycles. The fourth-order valence-corrected chi connectivity index (χ4v) is 17.9. The minimum absolute atomic E-state index is 0.0293. The number of halogens is 1. The number of nitrogens with zero attached hydrogens (tertiary/aromatic N) is 11.